The smallest absolute Gasteiger partial charge is 0.255 e. The van der Waals surface area contributed by atoms with E-state index in [1.165, 1.54) is 44.4 Å². The van der Waals surface area contributed by atoms with E-state index in [0.717, 1.165) is 13.0 Å². The van der Waals surface area contributed by atoms with Gasteiger partial charge in [0.05, 0.1) is 5.56 Å². The van der Waals surface area contributed by atoms with Crippen molar-refractivity contribution in [1.82, 2.24) is 15.2 Å². The molecule has 4 nitrogen and oxygen atoms in total. The molecule has 0 spiro atoms. The summed E-state index contributed by atoms with van der Waals surface area (Å²) in [5.74, 6) is -1.10. The highest BCUT2D eigenvalue weighted by atomic mass is 19.1. The molecule has 21 heavy (non-hydrogen) atoms. The summed E-state index contributed by atoms with van der Waals surface area (Å²) in [5.41, 5.74) is 0.0122. The molecule has 0 saturated heterocycles. The van der Waals surface area contributed by atoms with Gasteiger partial charge in [0.25, 0.3) is 5.91 Å². The lowest BCUT2D eigenvalue weighted by Crippen LogP contribution is -2.36. The van der Waals surface area contributed by atoms with E-state index in [0.29, 0.717) is 12.6 Å². The van der Waals surface area contributed by atoms with E-state index in [9.17, 15) is 9.18 Å². The Morgan fingerprint density at radius 3 is 2.90 bits per heavy atom. The SMILES string of the molecule is CN(CCCNC(=O)c1cccnc1F)C1CCCCC1. The zero-order chi connectivity index (χ0) is 15.1. The highest BCUT2D eigenvalue weighted by Crippen LogP contribution is 2.21. The Morgan fingerprint density at radius 1 is 1.43 bits per heavy atom. The molecule has 2 rings (SSSR count). The Labute approximate surface area is 125 Å². The maximum absolute atomic E-state index is 13.3. The molecule has 0 bridgehead atoms. The van der Waals surface area contributed by atoms with Gasteiger partial charge in [-0.1, -0.05) is 19.3 Å². The maximum atomic E-state index is 13.3. The Balaban J connectivity index is 1.67. The quantitative estimate of drug-likeness (QED) is 0.648. The standard InChI is InChI=1S/C16H24FN3O/c1-20(13-7-3-2-4-8-13)12-6-11-19-16(21)14-9-5-10-18-15(14)17/h5,9-10,13H,2-4,6-8,11-12H2,1H3,(H,19,21). The first-order valence-corrected chi connectivity index (χ1v) is 7.77. The van der Waals surface area contributed by atoms with E-state index >= 15 is 0 Å². The number of pyridine rings is 1. The van der Waals surface area contributed by atoms with Gasteiger partial charge in [0, 0.05) is 18.8 Å². The van der Waals surface area contributed by atoms with Crippen LogP contribution in [0.2, 0.25) is 0 Å². The highest BCUT2D eigenvalue weighted by molar-refractivity contribution is 5.94. The topological polar surface area (TPSA) is 45.2 Å². The van der Waals surface area contributed by atoms with Gasteiger partial charge in [-0.2, -0.15) is 4.39 Å². The van der Waals surface area contributed by atoms with Crippen LogP contribution in [-0.4, -0.2) is 42.0 Å². The van der Waals surface area contributed by atoms with Crippen molar-refractivity contribution >= 4 is 5.91 Å². The van der Waals surface area contributed by atoms with Crippen LogP contribution in [0.25, 0.3) is 0 Å². The lowest BCUT2D eigenvalue weighted by atomic mass is 9.94. The lowest BCUT2D eigenvalue weighted by molar-refractivity contribution is 0.0945. The number of nitrogens with zero attached hydrogens (tertiary/aromatic N) is 2. The van der Waals surface area contributed by atoms with Gasteiger partial charge < -0.3 is 10.2 Å². The second-order valence-corrected chi connectivity index (χ2v) is 5.72. The molecule has 0 unspecified atom stereocenters. The molecule has 1 aromatic heterocycles. The number of hydrogen-bond acceptors (Lipinski definition) is 3. The number of carbonyl (C=O) groups excluding carboxylic acids is 1. The summed E-state index contributed by atoms with van der Waals surface area (Å²) in [6, 6.07) is 3.70. The lowest BCUT2D eigenvalue weighted by Gasteiger charge is -2.31. The predicted octanol–water partition coefficient (Wildman–Crippen LogP) is 2.61. The van der Waals surface area contributed by atoms with Crippen LogP contribution >= 0.6 is 0 Å². The van der Waals surface area contributed by atoms with Gasteiger partial charge in [-0.15, -0.1) is 0 Å². The third kappa shape index (κ3) is 4.77. The van der Waals surface area contributed by atoms with Crippen LogP contribution in [0, 0.1) is 5.95 Å². The summed E-state index contributed by atoms with van der Waals surface area (Å²) in [6.45, 7) is 1.52. The van der Waals surface area contributed by atoms with E-state index < -0.39 is 5.95 Å². The summed E-state index contributed by atoms with van der Waals surface area (Å²) in [6.07, 6.45) is 8.79. The number of halogens is 1. The fraction of sp³-hybridized carbons (Fsp3) is 0.625. The average Bonchev–Trinajstić information content (AvgIpc) is 2.52. The molecule has 0 radical (unpaired) electrons. The molecule has 1 N–H and O–H groups in total. The molecule has 0 atom stereocenters. The minimum atomic E-state index is -0.714. The summed E-state index contributed by atoms with van der Waals surface area (Å²) in [7, 11) is 2.15. The van der Waals surface area contributed by atoms with Crippen LogP contribution in [0.5, 0.6) is 0 Å². The fourth-order valence-electron chi connectivity index (χ4n) is 2.89. The zero-order valence-corrected chi connectivity index (χ0v) is 12.6. The molecular weight excluding hydrogens is 269 g/mol. The Bertz CT molecular complexity index is 461. The monoisotopic (exact) mass is 293 g/mol. The molecule has 1 saturated carbocycles. The highest BCUT2D eigenvalue weighted by Gasteiger charge is 2.17. The summed E-state index contributed by atoms with van der Waals surface area (Å²) >= 11 is 0. The summed E-state index contributed by atoms with van der Waals surface area (Å²) < 4.78 is 13.3. The van der Waals surface area contributed by atoms with Gasteiger partial charge in [0.15, 0.2) is 0 Å². The average molecular weight is 293 g/mol. The molecule has 5 heteroatoms. The number of amides is 1. The largest absolute Gasteiger partial charge is 0.352 e. The van der Waals surface area contributed by atoms with Crippen molar-refractivity contribution in [3.8, 4) is 0 Å². The molecule has 1 aromatic rings. The normalized spacial score (nSPS) is 16.1. The Morgan fingerprint density at radius 2 is 2.19 bits per heavy atom. The van der Waals surface area contributed by atoms with Crippen molar-refractivity contribution in [2.45, 2.75) is 44.6 Å². The number of carbonyl (C=O) groups is 1. The number of aromatic nitrogens is 1. The second kappa shape index (κ2) is 8.08. The number of hydrogen-bond donors (Lipinski definition) is 1. The second-order valence-electron chi connectivity index (χ2n) is 5.72. The Kier molecular flexibility index (Phi) is 6.11. The van der Waals surface area contributed by atoms with Crippen LogP contribution in [0.3, 0.4) is 0 Å². The molecule has 0 aliphatic heterocycles. The van der Waals surface area contributed by atoms with Crippen molar-refractivity contribution in [2.24, 2.45) is 0 Å². The third-order valence-electron chi connectivity index (χ3n) is 4.17. The molecule has 1 heterocycles. The van der Waals surface area contributed by atoms with E-state index in [-0.39, 0.29) is 11.5 Å². The van der Waals surface area contributed by atoms with Crippen LogP contribution in [0.4, 0.5) is 4.39 Å². The fourth-order valence-corrected chi connectivity index (χ4v) is 2.89. The van der Waals surface area contributed by atoms with E-state index in [2.05, 4.69) is 22.2 Å². The first kappa shape index (κ1) is 15.9. The van der Waals surface area contributed by atoms with Crippen molar-refractivity contribution in [2.75, 3.05) is 20.1 Å². The number of rotatable bonds is 6. The van der Waals surface area contributed by atoms with E-state index in [1.807, 2.05) is 0 Å². The molecular formula is C16H24FN3O. The maximum Gasteiger partial charge on any atom is 0.255 e. The van der Waals surface area contributed by atoms with Crippen molar-refractivity contribution in [3.05, 3.63) is 29.8 Å². The number of nitrogens with one attached hydrogen (secondary N) is 1. The molecule has 1 aliphatic rings. The van der Waals surface area contributed by atoms with Crippen LogP contribution < -0.4 is 5.32 Å². The minimum Gasteiger partial charge on any atom is -0.352 e. The van der Waals surface area contributed by atoms with Gasteiger partial charge in [0.2, 0.25) is 5.95 Å². The van der Waals surface area contributed by atoms with Crippen LogP contribution in [0.1, 0.15) is 48.9 Å². The van der Waals surface area contributed by atoms with Gasteiger partial charge >= 0.3 is 0 Å². The molecule has 1 fully saturated rings. The van der Waals surface area contributed by atoms with Crippen LogP contribution in [0.15, 0.2) is 18.3 Å². The van der Waals surface area contributed by atoms with Crippen molar-refractivity contribution in [1.29, 1.82) is 0 Å². The predicted molar refractivity (Wildman–Crippen MR) is 80.6 cm³/mol. The first-order chi connectivity index (χ1) is 10.2. The van der Waals surface area contributed by atoms with Gasteiger partial charge in [0.1, 0.15) is 0 Å². The summed E-state index contributed by atoms with van der Waals surface area (Å²) in [5, 5.41) is 2.75. The molecule has 116 valence electrons. The zero-order valence-electron chi connectivity index (χ0n) is 12.6. The minimum absolute atomic E-state index is 0.0122. The summed E-state index contributed by atoms with van der Waals surface area (Å²) in [4.78, 5) is 17.7. The molecule has 0 aromatic carbocycles. The van der Waals surface area contributed by atoms with E-state index in [1.54, 1.807) is 6.07 Å². The van der Waals surface area contributed by atoms with E-state index in [4.69, 9.17) is 0 Å². The van der Waals surface area contributed by atoms with Crippen molar-refractivity contribution in [3.63, 3.8) is 0 Å². The Hall–Kier alpha value is -1.49. The molecule has 1 aliphatic carbocycles. The van der Waals surface area contributed by atoms with Gasteiger partial charge in [-0.25, -0.2) is 4.98 Å². The van der Waals surface area contributed by atoms with Gasteiger partial charge in [-0.3, -0.25) is 4.79 Å². The molecule has 1 amide bonds. The van der Waals surface area contributed by atoms with Crippen molar-refractivity contribution < 1.29 is 9.18 Å². The van der Waals surface area contributed by atoms with Gasteiger partial charge in [-0.05, 0) is 45.0 Å². The third-order valence-corrected chi connectivity index (χ3v) is 4.17. The van der Waals surface area contributed by atoms with Crippen LogP contribution in [-0.2, 0) is 0 Å². The first-order valence-electron chi connectivity index (χ1n) is 7.77.